The number of hydrogen-bond donors (Lipinski definition) is 0. The normalized spacial score (nSPS) is 10.5. The van der Waals surface area contributed by atoms with E-state index in [1.54, 1.807) is 0 Å². The highest BCUT2D eigenvalue weighted by atomic mass is 16.5. The molecule has 0 radical (unpaired) electrons. The minimum atomic E-state index is 0.674. The van der Waals surface area contributed by atoms with Crippen molar-refractivity contribution in [2.24, 2.45) is 0 Å². The van der Waals surface area contributed by atoms with Crippen LogP contribution in [0.25, 0.3) is 21.5 Å². The van der Waals surface area contributed by atoms with E-state index < -0.39 is 0 Å². The molecule has 0 unspecified atom stereocenters. The Labute approximate surface area is 165 Å². The summed E-state index contributed by atoms with van der Waals surface area (Å²) in [5.74, 6) is 8.37. The van der Waals surface area contributed by atoms with Gasteiger partial charge in [0.05, 0.1) is 13.2 Å². The van der Waals surface area contributed by atoms with Crippen LogP contribution in [0.2, 0.25) is 0 Å². The lowest BCUT2D eigenvalue weighted by atomic mass is 10.1. The predicted molar refractivity (Wildman–Crippen MR) is 116 cm³/mol. The van der Waals surface area contributed by atoms with Crippen molar-refractivity contribution in [1.29, 1.82) is 0 Å². The fourth-order valence-corrected chi connectivity index (χ4v) is 3.26. The van der Waals surface area contributed by atoms with Crippen LogP contribution in [0.15, 0.2) is 72.8 Å². The van der Waals surface area contributed by atoms with Gasteiger partial charge in [0.15, 0.2) is 0 Å². The highest BCUT2D eigenvalue weighted by molar-refractivity contribution is 5.86. The van der Waals surface area contributed by atoms with Crippen LogP contribution in [-0.4, -0.2) is 13.2 Å². The molecule has 28 heavy (non-hydrogen) atoms. The quantitative estimate of drug-likeness (QED) is 0.401. The van der Waals surface area contributed by atoms with Crippen molar-refractivity contribution in [3.8, 4) is 23.3 Å². The van der Waals surface area contributed by atoms with E-state index in [0.717, 1.165) is 44.2 Å². The van der Waals surface area contributed by atoms with Gasteiger partial charge in [-0.1, -0.05) is 36.1 Å². The second-order valence-electron chi connectivity index (χ2n) is 6.56. The number of benzene rings is 4. The minimum Gasteiger partial charge on any atom is -0.494 e. The SMILES string of the molecule is CCOc1ccc2cc(C#Cc3ccc4cc(OCC)ccc4c3)ccc2c1. The van der Waals surface area contributed by atoms with E-state index in [1.807, 2.05) is 26.0 Å². The molecule has 0 atom stereocenters. The molecule has 0 saturated heterocycles. The van der Waals surface area contributed by atoms with Gasteiger partial charge >= 0.3 is 0 Å². The molecule has 4 rings (SSSR count). The molecule has 0 aliphatic rings. The molecule has 138 valence electrons. The van der Waals surface area contributed by atoms with Crippen molar-refractivity contribution in [2.45, 2.75) is 13.8 Å². The molecule has 0 N–H and O–H groups in total. The molecule has 0 fully saturated rings. The first-order chi connectivity index (χ1) is 13.7. The maximum absolute atomic E-state index is 5.57. The molecule has 2 heteroatoms. The molecular formula is C26H22O2. The van der Waals surface area contributed by atoms with E-state index >= 15 is 0 Å². The Kier molecular flexibility index (Phi) is 5.17. The second-order valence-corrected chi connectivity index (χ2v) is 6.56. The van der Waals surface area contributed by atoms with E-state index in [-0.39, 0.29) is 0 Å². The summed E-state index contributed by atoms with van der Waals surface area (Å²) >= 11 is 0. The van der Waals surface area contributed by atoms with Crippen LogP contribution in [0.5, 0.6) is 11.5 Å². The average molecular weight is 366 g/mol. The van der Waals surface area contributed by atoms with E-state index in [2.05, 4.69) is 72.5 Å². The molecule has 0 aromatic heterocycles. The summed E-state index contributed by atoms with van der Waals surface area (Å²) in [6.07, 6.45) is 0. The van der Waals surface area contributed by atoms with Crippen LogP contribution in [-0.2, 0) is 0 Å². The van der Waals surface area contributed by atoms with E-state index in [1.165, 1.54) is 0 Å². The lowest BCUT2D eigenvalue weighted by Gasteiger charge is -2.05. The summed E-state index contributed by atoms with van der Waals surface area (Å²) in [5.41, 5.74) is 2.01. The third-order valence-corrected chi connectivity index (χ3v) is 4.60. The fourth-order valence-electron chi connectivity index (χ4n) is 3.26. The summed E-state index contributed by atoms with van der Waals surface area (Å²) in [7, 11) is 0. The van der Waals surface area contributed by atoms with E-state index in [4.69, 9.17) is 9.47 Å². The van der Waals surface area contributed by atoms with Crippen LogP contribution >= 0.6 is 0 Å². The van der Waals surface area contributed by atoms with Crippen molar-refractivity contribution >= 4 is 21.5 Å². The van der Waals surface area contributed by atoms with Gasteiger partial charge in [0.1, 0.15) is 11.5 Å². The van der Waals surface area contributed by atoms with E-state index in [0.29, 0.717) is 13.2 Å². The molecule has 0 bridgehead atoms. The lowest BCUT2D eigenvalue weighted by molar-refractivity contribution is 0.340. The first-order valence-corrected chi connectivity index (χ1v) is 9.60. The fraction of sp³-hybridized carbons (Fsp3) is 0.154. The summed E-state index contributed by atoms with van der Waals surface area (Å²) in [5, 5.41) is 4.65. The van der Waals surface area contributed by atoms with Gasteiger partial charge in [0, 0.05) is 11.1 Å². The van der Waals surface area contributed by atoms with Crippen molar-refractivity contribution < 1.29 is 9.47 Å². The van der Waals surface area contributed by atoms with Crippen molar-refractivity contribution in [2.75, 3.05) is 13.2 Å². The van der Waals surface area contributed by atoms with Crippen LogP contribution in [0.1, 0.15) is 25.0 Å². The van der Waals surface area contributed by atoms with Gasteiger partial charge in [-0.05, 0) is 83.9 Å². The summed E-state index contributed by atoms with van der Waals surface area (Å²) in [6.45, 7) is 5.34. The highest BCUT2D eigenvalue weighted by Crippen LogP contribution is 2.23. The first kappa shape index (κ1) is 17.9. The predicted octanol–water partition coefficient (Wildman–Crippen LogP) is 6.19. The Morgan fingerprint density at radius 2 is 0.929 bits per heavy atom. The third kappa shape index (κ3) is 3.94. The average Bonchev–Trinajstić information content (AvgIpc) is 2.72. The molecule has 0 amide bonds. The molecule has 0 saturated carbocycles. The zero-order valence-electron chi connectivity index (χ0n) is 16.2. The Morgan fingerprint density at radius 3 is 1.36 bits per heavy atom. The molecule has 0 spiro atoms. The van der Waals surface area contributed by atoms with Gasteiger partial charge in [0.2, 0.25) is 0 Å². The number of ether oxygens (including phenoxy) is 2. The van der Waals surface area contributed by atoms with Gasteiger partial charge in [-0.15, -0.1) is 0 Å². The topological polar surface area (TPSA) is 18.5 Å². The molecular weight excluding hydrogens is 344 g/mol. The monoisotopic (exact) mass is 366 g/mol. The second kappa shape index (κ2) is 8.06. The molecule has 0 aliphatic heterocycles. The van der Waals surface area contributed by atoms with Gasteiger partial charge in [-0.3, -0.25) is 0 Å². The lowest BCUT2D eigenvalue weighted by Crippen LogP contribution is -1.90. The molecule has 4 aromatic carbocycles. The Hall–Kier alpha value is -3.44. The number of rotatable bonds is 4. The maximum atomic E-state index is 5.57. The molecule has 4 aromatic rings. The molecule has 0 aliphatic carbocycles. The third-order valence-electron chi connectivity index (χ3n) is 4.60. The summed E-state index contributed by atoms with van der Waals surface area (Å²) in [6, 6.07) is 24.8. The Bertz CT molecular complexity index is 1100. The van der Waals surface area contributed by atoms with Crippen LogP contribution < -0.4 is 9.47 Å². The van der Waals surface area contributed by atoms with Gasteiger partial charge < -0.3 is 9.47 Å². The van der Waals surface area contributed by atoms with Gasteiger partial charge in [-0.2, -0.15) is 0 Å². The minimum absolute atomic E-state index is 0.674. The maximum Gasteiger partial charge on any atom is 0.119 e. The highest BCUT2D eigenvalue weighted by Gasteiger charge is 2.00. The van der Waals surface area contributed by atoms with Crippen LogP contribution in [0, 0.1) is 11.8 Å². The van der Waals surface area contributed by atoms with Crippen molar-refractivity contribution in [3.05, 3.63) is 83.9 Å². The Morgan fingerprint density at radius 1 is 0.536 bits per heavy atom. The van der Waals surface area contributed by atoms with Gasteiger partial charge in [0.25, 0.3) is 0 Å². The van der Waals surface area contributed by atoms with Crippen molar-refractivity contribution in [3.63, 3.8) is 0 Å². The standard InChI is InChI=1S/C26H22O2/c1-3-27-25-13-11-21-15-19(7-9-23(21)17-25)5-6-20-8-10-24-18-26(28-4-2)14-12-22(24)16-20/h7-18H,3-4H2,1-2H3. The smallest absolute Gasteiger partial charge is 0.119 e. The summed E-state index contributed by atoms with van der Waals surface area (Å²) < 4.78 is 11.1. The zero-order chi connectivity index (χ0) is 19.3. The Balaban J connectivity index is 1.60. The first-order valence-electron chi connectivity index (χ1n) is 9.60. The molecule has 0 heterocycles. The van der Waals surface area contributed by atoms with Crippen LogP contribution in [0.3, 0.4) is 0 Å². The number of fused-ring (bicyclic) bond motifs is 2. The van der Waals surface area contributed by atoms with E-state index in [9.17, 15) is 0 Å². The molecule has 2 nitrogen and oxygen atoms in total. The van der Waals surface area contributed by atoms with Crippen molar-refractivity contribution in [1.82, 2.24) is 0 Å². The summed E-state index contributed by atoms with van der Waals surface area (Å²) in [4.78, 5) is 0. The zero-order valence-corrected chi connectivity index (χ0v) is 16.2. The number of hydrogen-bond acceptors (Lipinski definition) is 2. The van der Waals surface area contributed by atoms with Crippen LogP contribution in [0.4, 0.5) is 0 Å². The largest absolute Gasteiger partial charge is 0.494 e. The van der Waals surface area contributed by atoms with Gasteiger partial charge in [-0.25, -0.2) is 0 Å².